The first-order chi connectivity index (χ1) is 10.0. The maximum atomic E-state index is 13.2. The van der Waals surface area contributed by atoms with Crippen molar-refractivity contribution in [2.75, 3.05) is 0 Å². The highest BCUT2D eigenvalue weighted by Gasteiger charge is 2.15. The van der Waals surface area contributed by atoms with Crippen molar-refractivity contribution in [3.8, 4) is 0 Å². The lowest BCUT2D eigenvalue weighted by molar-refractivity contribution is 0.0935. The molecule has 110 valence electrons. The van der Waals surface area contributed by atoms with Crippen LogP contribution in [0.4, 0.5) is 4.39 Å². The van der Waals surface area contributed by atoms with Crippen molar-refractivity contribution in [3.63, 3.8) is 0 Å². The third-order valence-electron chi connectivity index (χ3n) is 3.38. The van der Waals surface area contributed by atoms with E-state index in [9.17, 15) is 9.18 Å². The van der Waals surface area contributed by atoms with Gasteiger partial charge < -0.3 is 5.32 Å². The zero-order valence-electron chi connectivity index (χ0n) is 12.0. The number of hydrogen-bond donors (Lipinski definition) is 1. The summed E-state index contributed by atoms with van der Waals surface area (Å²) in [6.07, 6.45) is 0.789. The lowest BCUT2D eigenvalue weighted by Crippen LogP contribution is -2.28. The Morgan fingerprint density at radius 3 is 2.48 bits per heavy atom. The molecule has 0 aliphatic heterocycles. The van der Waals surface area contributed by atoms with Crippen LogP contribution in [0.15, 0.2) is 46.9 Å². The van der Waals surface area contributed by atoms with E-state index in [1.165, 1.54) is 23.8 Å². The molecule has 0 aliphatic rings. The summed E-state index contributed by atoms with van der Waals surface area (Å²) in [6, 6.07) is 12.3. The van der Waals surface area contributed by atoms with Gasteiger partial charge in [-0.05, 0) is 53.0 Å². The lowest BCUT2D eigenvalue weighted by Gasteiger charge is -2.18. The quantitative estimate of drug-likeness (QED) is 0.845. The third-order valence-corrected chi connectivity index (χ3v) is 3.98. The fourth-order valence-electron chi connectivity index (χ4n) is 2.10. The van der Waals surface area contributed by atoms with Crippen molar-refractivity contribution in [2.45, 2.75) is 26.3 Å². The Balaban J connectivity index is 2.15. The van der Waals surface area contributed by atoms with Gasteiger partial charge >= 0.3 is 0 Å². The molecule has 0 saturated carbocycles. The van der Waals surface area contributed by atoms with Crippen LogP contribution in [-0.4, -0.2) is 5.91 Å². The van der Waals surface area contributed by atoms with Gasteiger partial charge in [0.2, 0.25) is 0 Å². The highest BCUT2D eigenvalue weighted by atomic mass is 79.9. The number of nitrogens with one attached hydrogen (secondary N) is 1. The van der Waals surface area contributed by atoms with E-state index >= 15 is 0 Å². The average molecular weight is 350 g/mol. The van der Waals surface area contributed by atoms with Crippen molar-refractivity contribution in [2.24, 2.45) is 0 Å². The van der Waals surface area contributed by atoms with Crippen molar-refractivity contribution < 1.29 is 9.18 Å². The van der Waals surface area contributed by atoms with Gasteiger partial charge in [0.25, 0.3) is 5.91 Å². The van der Waals surface area contributed by atoms with Crippen LogP contribution >= 0.6 is 15.9 Å². The Labute approximate surface area is 132 Å². The maximum Gasteiger partial charge on any atom is 0.251 e. The van der Waals surface area contributed by atoms with Gasteiger partial charge in [-0.25, -0.2) is 4.39 Å². The van der Waals surface area contributed by atoms with E-state index in [-0.39, 0.29) is 17.8 Å². The summed E-state index contributed by atoms with van der Waals surface area (Å²) < 4.78 is 13.5. The number of hydrogen-bond acceptors (Lipinski definition) is 1. The molecule has 21 heavy (non-hydrogen) atoms. The van der Waals surface area contributed by atoms with E-state index in [4.69, 9.17) is 0 Å². The first-order valence-corrected chi connectivity index (χ1v) is 7.63. The minimum Gasteiger partial charge on any atom is -0.345 e. The summed E-state index contributed by atoms with van der Waals surface area (Å²) in [7, 11) is 0. The van der Waals surface area contributed by atoms with Crippen LogP contribution in [0.3, 0.4) is 0 Å². The number of rotatable bonds is 4. The normalized spacial score (nSPS) is 12.0. The zero-order valence-corrected chi connectivity index (χ0v) is 13.6. The molecule has 2 nitrogen and oxygen atoms in total. The zero-order chi connectivity index (χ0) is 15.4. The van der Waals surface area contributed by atoms with E-state index in [0.717, 1.165) is 12.0 Å². The van der Waals surface area contributed by atoms with Crippen LogP contribution in [0.5, 0.6) is 0 Å². The maximum absolute atomic E-state index is 13.2. The summed E-state index contributed by atoms with van der Waals surface area (Å²) in [5.74, 6) is -0.583. The largest absolute Gasteiger partial charge is 0.345 e. The molecular formula is C17H17BrFNO. The number of benzene rings is 2. The van der Waals surface area contributed by atoms with Crippen molar-refractivity contribution in [1.82, 2.24) is 5.32 Å². The molecule has 1 N–H and O–H groups in total. The van der Waals surface area contributed by atoms with Gasteiger partial charge in [0.15, 0.2) is 0 Å². The predicted molar refractivity (Wildman–Crippen MR) is 85.8 cm³/mol. The van der Waals surface area contributed by atoms with Crippen molar-refractivity contribution in [3.05, 3.63) is 69.4 Å². The van der Waals surface area contributed by atoms with Crippen molar-refractivity contribution >= 4 is 21.8 Å². The summed E-state index contributed by atoms with van der Waals surface area (Å²) in [5, 5.41) is 2.98. The molecular weight excluding hydrogens is 333 g/mol. The molecule has 1 unspecified atom stereocenters. The van der Waals surface area contributed by atoms with Crippen LogP contribution in [-0.2, 0) is 0 Å². The highest BCUT2D eigenvalue weighted by Crippen LogP contribution is 2.20. The summed E-state index contributed by atoms with van der Waals surface area (Å²) in [5.41, 5.74) is 2.69. The molecule has 0 bridgehead atoms. The van der Waals surface area contributed by atoms with Gasteiger partial charge in [0.05, 0.1) is 10.5 Å². The minimum absolute atomic E-state index is 0.0538. The van der Waals surface area contributed by atoms with Gasteiger partial charge in [-0.3, -0.25) is 4.79 Å². The molecule has 2 aromatic rings. The van der Waals surface area contributed by atoms with Crippen molar-refractivity contribution in [1.29, 1.82) is 0 Å². The molecule has 0 radical (unpaired) electrons. The minimum atomic E-state index is -0.378. The van der Waals surface area contributed by atoms with Gasteiger partial charge in [-0.15, -0.1) is 0 Å². The number of halogens is 2. The van der Waals surface area contributed by atoms with Crippen LogP contribution in [0.1, 0.15) is 40.9 Å². The Kier molecular flexibility index (Phi) is 5.12. The second kappa shape index (κ2) is 6.85. The fourth-order valence-corrected chi connectivity index (χ4v) is 2.48. The van der Waals surface area contributed by atoms with Crippen LogP contribution < -0.4 is 5.32 Å². The van der Waals surface area contributed by atoms with E-state index in [1.54, 1.807) is 0 Å². The number of carbonyl (C=O) groups is 1. The fraction of sp³-hybridized carbons (Fsp3) is 0.235. The molecule has 0 heterocycles. The van der Waals surface area contributed by atoms with Gasteiger partial charge in [0, 0.05) is 5.56 Å². The first kappa shape index (κ1) is 15.7. The Hall–Kier alpha value is -1.68. The van der Waals surface area contributed by atoms with Crippen LogP contribution in [0.2, 0.25) is 0 Å². The third kappa shape index (κ3) is 3.91. The molecule has 0 saturated heterocycles. The van der Waals surface area contributed by atoms with Gasteiger partial charge in [-0.2, -0.15) is 0 Å². The second-order valence-electron chi connectivity index (χ2n) is 4.97. The SMILES string of the molecule is CCC(NC(=O)c1ccc(F)c(Br)c1)c1ccc(C)cc1. The molecule has 4 heteroatoms. The highest BCUT2D eigenvalue weighted by molar-refractivity contribution is 9.10. The van der Waals surface area contributed by atoms with E-state index in [2.05, 4.69) is 21.2 Å². The van der Waals surface area contributed by atoms with E-state index in [1.807, 2.05) is 38.1 Å². The van der Waals surface area contributed by atoms with Crippen LogP contribution in [0, 0.1) is 12.7 Å². The molecule has 0 aliphatic carbocycles. The first-order valence-electron chi connectivity index (χ1n) is 6.83. The summed E-state index contributed by atoms with van der Waals surface area (Å²) >= 11 is 3.10. The monoisotopic (exact) mass is 349 g/mol. The van der Waals surface area contributed by atoms with E-state index < -0.39 is 0 Å². The molecule has 0 spiro atoms. The molecule has 2 aromatic carbocycles. The molecule has 0 aromatic heterocycles. The predicted octanol–water partition coefficient (Wildman–Crippen LogP) is 4.78. The number of aryl methyl sites for hydroxylation is 1. The second-order valence-corrected chi connectivity index (χ2v) is 5.83. The number of amides is 1. The molecule has 2 rings (SSSR count). The Morgan fingerprint density at radius 2 is 1.90 bits per heavy atom. The Bertz CT molecular complexity index is 640. The lowest BCUT2D eigenvalue weighted by atomic mass is 10.0. The van der Waals surface area contributed by atoms with Crippen LogP contribution in [0.25, 0.3) is 0 Å². The average Bonchev–Trinajstić information content (AvgIpc) is 2.48. The van der Waals surface area contributed by atoms with E-state index in [0.29, 0.717) is 10.0 Å². The Morgan fingerprint density at radius 1 is 1.24 bits per heavy atom. The smallest absolute Gasteiger partial charge is 0.251 e. The molecule has 0 fully saturated rings. The number of carbonyl (C=O) groups excluding carboxylic acids is 1. The molecule has 1 atom stereocenters. The summed E-state index contributed by atoms with van der Waals surface area (Å²) in [6.45, 7) is 4.05. The van der Waals surface area contributed by atoms with Gasteiger partial charge in [-0.1, -0.05) is 36.8 Å². The molecule has 1 amide bonds. The topological polar surface area (TPSA) is 29.1 Å². The van der Waals surface area contributed by atoms with Gasteiger partial charge in [0.1, 0.15) is 5.82 Å². The summed E-state index contributed by atoms with van der Waals surface area (Å²) in [4.78, 5) is 12.3. The standard InChI is InChI=1S/C17H17BrFNO/c1-3-16(12-6-4-11(2)5-7-12)20-17(21)13-8-9-15(19)14(18)10-13/h4-10,16H,3H2,1-2H3,(H,20,21).